The van der Waals surface area contributed by atoms with Crippen molar-refractivity contribution >= 4 is 22.4 Å². The fourth-order valence-electron chi connectivity index (χ4n) is 2.01. The lowest BCUT2D eigenvalue weighted by Crippen LogP contribution is -1.84. The van der Waals surface area contributed by atoms with Gasteiger partial charge in [0, 0.05) is 5.38 Å². The molecular weight excluding hydrogens is 230 g/mol. The number of aromatic nitrogens is 3. The molecule has 0 aliphatic rings. The number of aryl methyl sites for hydroxylation is 1. The van der Waals surface area contributed by atoms with Gasteiger partial charge in [-0.15, -0.1) is 11.3 Å². The lowest BCUT2D eigenvalue weighted by molar-refractivity contribution is 0.927. The number of H-pyrrole nitrogens is 1. The van der Waals surface area contributed by atoms with E-state index in [1.54, 1.807) is 11.3 Å². The third kappa shape index (κ3) is 1.85. The van der Waals surface area contributed by atoms with Gasteiger partial charge in [0.05, 0.1) is 16.5 Å². The van der Waals surface area contributed by atoms with Crippen molar-refractivity contribution in [2.75, 3.05) is 0 Å². The first-order chi connectivity index (χ1) is 8.38. The van der Waals surface area contributed by atoms with Gasteiger partial charge in [-0.25, -0.2) is 9.97 Å². The zero-order chi connectivity index (χ0) is 11.7. The Morgan fingerprint density at radius 3 is 3.06 bits per heavy atom. The molecule has 0 amide bonds. The van der Waals surface area contributed by atoms with Crippen molar-refractivity contribution in [1.29, 1.82) is 0 Å². The minimum absolute atomic E-state index is 0.866. The number of rotatable bonds is 3. The van der Waals surface area contributed by atoms with Crippen molar-refractivity contribution in [1.82, 2.24) is 15.0 Å². The van der Waals surface area contributed by atoms with E-state index in [0.717, 1.165) is 35.4 Å². The second kappa shape index (κ2) is 4.30. The van der Waals surface area contributed by atoms with Gasteiger partial charge in [-0.3, -0.25) is 0 Å². The van der Waals surface area contributed by atoms with Gasteiger partial charge in [-0.2, -0.15) is 0 Å². The molecule has 0 bridgehead atoms. The molecule has 2 aromatic heterocycles. The Bertz CT molecular complexity index is 625. The minimum Gasteiger partial charge on any atom is -0.337 e. The highest BCUT2D eigenvalue weighted by atomic mass is 32.1. The Balaban J connectivity index is 2.15. The molecule has 0 unspecified atom stereocenters. The monoisotopic (exact) mass is 243 g/mol. The molecular formula is C13H13N3S. The maximum absolute atomic E-state index is 4.66. The van der Waals surface area contributed by atoms with Crippen molar-refractivity contribution < 1.29 is 0 Å². The summed E-state index contributed by atoms with van der Waals surface area (Å²) in [7, 11) is 0. The van der Waals surface area contributed by atoms with Gasteiger partial charge in [-0.1, -0.05) is 25.5 Å². The number of imidazole rings is 1. The highest BCUT2D eigenvalue weighted by molar-refractivity contribution is 7.07. The van der Waals surface area contributed by atoms with Crippen LogP contribution in [0.15, 0.2) is 29.1 Å². The number of nitrogens with one attached hydrogen (secondary N) is 1. The summed E-state index contributed by atoms with van der Waals surface area (Å²) in [5.74, 6) is 0.866. The molecule has 86 valence electrons. The molecule has 0 fully saturated rings. The van der Waals surface area contributed by atoms with Crippen LogP contribution in [0.5, 0.6) is 0 Å². The molecule has 0 aliphatic heterocycles. The Labute approximate surface area is 104 Å². The standard InChI is InChI=1S/C13H13N3S/c1-2-4-9-5-3-6-10-12(9)16-13(15-10)11-7-17-8-14-11/h3,5-8H,2,4H2,1H3,(H,15,16). The first-order valence-corrected chi connectivity index (χ1v) is 6.69. The molecule has 0 saturated heterocycles. The third-order valence-corrected chi connectivity index (χ3v) is 3.38. The van der Waals surface area contributed by atoms with E-state index < -0.39 is 0 Å². The fourth-order valence-corrected chi connectivity index (χ4v) is 2.55. The molecule has 3 aromatic rings. The quantitative estimate of drug-likeness (QED) is 0.763. The van der Waals surface area contributed by atoms with E-state index >= 15 is 0 Å². The maximum Gasteiger partial charge on any atom is 0.158 e. The van der Waals surface area contributed by atoms with Gasteiger partial charge < -0.3 is 4.98 Å². The number of thiazole rings is 1. The lowest BCUT2D eigenvalue weighted by atomic mass is 10.1. The maximum atomic E-state index is 4.66. The van der Waals surface area contributed by atoms with Crippen LogP contribution in [-0.4, -0.2) is 15.0 Å². The summed E-state index contributed by atoms with van der Waals surface area (Å²) in [5.41, 5.74) is 6.24. The SMILES string of the molecule is CCCc1cccc2[nH]c(-c3cscn3)nc12. The number of para-hydroxylation sites is 1. The second-order valence-electron chi connectivity index (χ2n) is 4.02. The van der Waals surface area contributed by atoms with Crippen LogP contribution < -0.4 is 0 Å². The van der Waals surface area contributed by atoms with Gasteiger partial charge >= 0.3 is 0 Å². The summed E-state index contributed by atoms with van der Waals surface area (Å²) >= 11 is 1.59. The molecule has 0 aliphatic carbocycles. The van der Waals surface area contributed by atoms with E-state index in [1.807, 2.05) is 10.9 Å². The zero-order valence-electron chi connectivity index (χ0n) is 9.60. The summed E-state index contributed by atoms with van der Waals surface area (Å²) in [6.07, 6.45) is 2.21. The smallest absolute Gasteiger partial charge is 0.158 e. The van der Waals surface area contributed by atoms with Crippen molar-refractivity contribution in [3.05, 3.63) is 34.7 Å². The van der Waals surface area contributed by atoms with Gasteiger partial charge in [0.25, 0.3) is 0 Å². The minimum atomic E-state index is 0.866. The van der Waals surface area contributed by atoms with E-state index in [0.29, 0.717) is 0 Å². The van der Waals surface area contributed by atoms with Gasteiger partial charge in [0.15, 0.2) is 5.82 Å². The highest BCUT2D eigenvalue weighted by Crippen LogP contribution is 2.23. The molecule has 2 heterocycles. The molecule has 0 radical (unpaired) electrons. The van der Waals surface area contributed by atoms with E-state index in [4.69, 9.17) is 0 Å². The number of hydrogen-bond acceptors (Lipinski definition) is 3. The number of nitrogens with zero attached hydrogens (tertiary/aromatic N) is 2. The Kier molecular flexibility index (Phi) is 2.65. The van der Waals surface area contributed by atoms with E-state index in [-0.39, 0.29) is 0 Å². The topological polar surface area (TPSA) is 41.6 Å². The van der Waals surface area contributed by atoms with Crippen LogP contribution in [0.3, 0.4) is 0 Å². The first kappa shape index (κ1) is 10.5. The lowest BCUT2D eigenvalue weighted by Gasteiger charge is -1.98. The molecule has 3 rings (SSSR count). The van der Waals surface area contributed by atoms with Gasteiger partial charge in [0.1, 0.15) is 5.69 Å². The van der Waals surface area contributed by atoms with E-state index in [1.165, 1.54) is 5.56 Å². The summed E-state index contributed by atoms with van der Waals surface area (Å²) in [6, 6.07) is 6.30. The summed E-state index contributed by atoms with van der Waals surface area (Å²) in [5, 5.41) is 2.01. The predicted octanol–water partition coefficient (Wildman–Crippen LogP) is 3.64. The normalized spacial score (nSPS) is 11.1. The molecule has 0 spiro atoms. The average molecular weight is 243 g/mol. The van der Waals surface area contributed by atoms with Gasteiger partial charge in [0.2, 0.25) is 0 Å². The van der Waals surface area contributed by atoms with Crippen LogP contribution in [0.25, 0.3) is 22.6 Å². The van der Waals surface area contributed by atoms with Gasteiger partial charge in [-0.05, 0) is 18.1 Å². The van der Waals surface area contributed by atoms with Crippen LogP contribution in [0.1, 0.15) is 18.9 Å². The van der Waals surface area contributed by atoms with E-state index in [9.17, 15) is 0 Å². The van der Waals surface area contributed by atoms with Crippen LogP contribution in [0.4, 0.5) is 0 Å². The molecule has 0 saturated carbocycles. The molecule has 4 heteroatoms. The third-order valence-electron chi connectivity index (χ3n) is 2.79. The Hall–Kier alpha value is -1.68. The number of fused-ring (bicyclic) bond motifs is 1. The average Bonchev–Trinajstić information content (AvgIpc) is 2.98. The molecule has 1 N–H and O–H groups in total. The van der Waals surface area contributed by atoms with Crippen LogP contribution in [-0.2, 0) is 6.42 Å². The molecule has 1 aromatic carbocycles. The number of hydrogen-bond donors (Lipinski definition) is 1. The predicted molar refractivity (Wildman–Crippen MR) is 71.2 cm³/mol. The zero-order valence-corrected chi connectivity index (χ0v) is 10.4. The summed E-state index contributed by atoms with van der Waals surface area (Å²) < 4.78 is 0. The fraction of sp³-hybridized carbons (Fsp3) is 0.231. The van der Waals surface area contributed by atoms with Crippen LogP contribution in [0.2, 0.25) is 0 Å². The largest absolute Gasteiger partial charge is 0.337 e. The van der Waals surface area contributed by atoms with Crippen LogP contribution in [0, 0.1) is 0 Å². The first-order valence-electron chi connectivity index (χ1n) is 5.74. The molecule has 0 atom stereocenters. The number of benzene rings is 1. The Morgan fingerprint density at radius 1 is 1.35 bits per heavy atom. The van der Waals surface area contributed by atoms with Crippen molar-refractivity contribution in [3.8, 4) is 11.5 Å². The van der Waals surface area contributed by atoms with Crippen molar-refractivity contribution in [2.45, 2.75) is 19.8 Å². The Morgan fingerprint density at radius 2 is 2.29 bits per heavy atom. The van der Waals surface area contributed by atoms with Crippen molar-refractivity contribution in [3.63, 3.8) is 0 Å². The van der Waals surface area contributed by atoms with E-state index in [2.05, 4.69) is 40.1 Å². The highest BCUT2D eigenvalue weighted by Gasteiger charge is 2.09. The molecule has 17 heavy (non-hydrogen) atoms. The number of aromatic amines is 1. The van der Waals surface area contributed by atoms with Crippen LogP contribution >= 0.6 is 11.3 Å². The van der Waals surface area contributed by atoms with Crippen molar-refractivity contribution in [2.24, 2.45) is 0 Å². The summed E-state index contributed by atoms with van der Waals surface area (Å²) in [4.78, 5) is 12.3. The summed E-state index contributed by atoms with van der Waals surface area (Å²) in [6.45, 7) is 2.19. The second-order valence-corrected chi connectivity index (χ2v) is 4.74. The molecule has 3 nitrogen and oxygen atoms in total.